The summed E-state index contributed by atoms with van der Waals surface area (Å²) in [6, 6.07) is 17.6. The van der Waals surface area contributed by atoms with Gasteiger partial charge in [0, 0.05) is 72.5 Å². The highest BCUT2D eigenvalue weighted by Gasteiger charge is 2.41. The van der Waals surface area contributed by atoms with Crippen LogP contribution in [0.4, 0.5) is 17.1 Å². The van der Waals surface area contributed by atoms with Crippen LogP contribution in [0.5, 0.6) is 0 Å². The maximum absolute atomic E-state index is 14.2. The van der Waals surface area contributed by atoms with E-state index in [0.717, 1.165) is 31.7 Å². The van der Waals surface area contributed by atoms with Crippen LogP contribution in [0.15, 0.2) is 73.1 Å². The van der Waals surface area contributed by atoms with Crippen molar-refractivity contribution in [2.75, 3.05) is 61.1 Å². The summed E-state index contributed by atoms with van der Waals surface area (Å²) in [6.07, 6.45) is 3.40. The fourth-order valence-electron chi connectivity index (χ4n) is 7.57. The number of benzene rings is 3. The van der Waals surface area contributed by atoms with Gasteiger partial charge in [-0.2, -0.15) is 4.68 Å². The number of rotatable bonds is 10. The number of hydrogen-bond acceptors (Lipinski definition) is 10. The molecule has 2 atom stereocenters. The van der Waals surface area contributed by atoms with E-state index in [4.69, 9.17) is 16.3 Å². The van der Waals surface area contributed by atoms with Crippen molar-refractivity contribution >= 4 is 69.2 Å². The molecule has 5 aromatic rings. The molecular weight excluding hydrogens is 744 g/mol. The molecule has 0 radical (unpaired) electrons. The van der Waals surface area contributed by atoms with Gasteiger partial charge in [0.2, 0.25) is 11.8 Å². The van der Waals surface area contributed by atoms with Gasteiger partial charge in [0.05, 0.1) is 24.5 Å². The molecule has 3 aliphatic rings. The van der Waals surface area contributed by atoms with Crippen LogP contribution in [0.3, 0.4) is 0 Å². The van der Waals surface area contributed by atoms with Gasteiger partial charge in [0.25, 0.3) is 0 Å². The van der Waals surface area contributed by atoms with E-state index in [-0.39, 0.29) is 37.2 Å². The number of nitrogens with one attached hydrogen (secondary N) is 2. The number of carbonyl (C=O) groups excluding carboxylic acids is 4. The Hall–Kier alpha value is -6.17. The lowest BCUT2D eigenvalue weighted by Gasteiger charge is -2.40. The third-order valence-electron chi connectivity index (χ3n) is 10.5. The number of aromatic carboxylic acids is 1. The molecule has 288 valence electrons. The Kier molecular flexibility index (Phi) is 10.2. The maximum atomic E-state index is 14.2. The summed E-state index contributed by atoms with van der Waals surface area (Å²) in [5.41, 5.74) is 3.11. The fraction of sp³-hybridized carbons (Fsp3) is 0.316. The van der Waals surface area contributed by atoms with Gasteiger partial charge in [0.1, 0.15) is 18.1 Å². The zero-order valence-corrected chi connectivity index (χ0v) is 30.8. The summed E-state index contributed by atoms with van der Waals surface area (Å²) < 4.78 is 6.99. The number of fused-ring (bicyclic) bond motifs is 1. The molecule has 8 rings (SSSR count). The number of anilines is 3. The van der Waals surface area contributed by atoms with Gasteiger partial charge in [-0.25, -0.2) is 4.79 Å². The van der Waals surface area contributed by atoms with Crippen molar-refractivity contribution in [3.63, 3.8) is 0 Å². The van der Waals surface area contributed by atoms with E-state index < -0.39 is 29.7 Å². The van der Waals surface area contributed by atoms with Crippen molar-refractivity contribution in [2.24, 2.45) is 0 Å². The first-order valence-corrected chi connectivity index (χ1v) is 18.5. The predicted octanol–water partition coefficient (Wildman–Crippen LogP) is 2.75. The highest BCUT2D eigenvalue weighted by Crippen LogP contribution is 2.31. The van der Waals surface area contributed by atoms with Crippen LogP contribution in [-0.2, 0) is 30.3 Å². The largest absolute Gasteiger partial charge is 0.477 e. The van der Waals surface area contributed by atoms with E-state index in [1.54, 1.807) is 41.3 Å². The number of carboxylic acid groups (broad SMARTS) is 1. The van der Waals surface area contributed by atoms with Crippen LogP contribution in [0, 0.1) is 0 Å². The Morgan fingerprint density at radius 3 is 2.50 bits per heavy atom. The van der Waals surface area contributed by atoms with E-state index >= 15 is 0 Å². The molecule has 0 spiro atoms. The molecule has 56 heavy (non-hydrogen) atoms. The summed E-state index contributed by atoms with van der Waals surface area (Å²) in [5.74, 6) is -3.44. The van der Waals surface area contributed by atoms with Crippen molar-refractivity contribution in [1.29, 1.82) is 0 Å². The molecule has 3 saturated heterocycles. The number of piperazine rings is 2. The minimum absolute atomic E-state index is 0.00266. The predicted molar refractivity (Wildman–Crippen MR) is 204 cm³/mol. The molecular formula is C38H37ClN10O7. The molecule has 2 unspecified atom stereocenters. The standard InChI is InChI=1S/C38H37ClN10O7/c39-25-5-10-31(49-22-40-43-44-49)32(19-25)47-13-14-48(37(53)36(47)52)33(35(51)41-26-6-9-29-24(17-26)18-30(42-29)38(54)55)16-23-3-7-27(8-4-23)46-12-11-45(20-34(46)50)28-2-1-15-56-21-28/h3-10,17-19,22,28,33,42H,1-2,11-16,20-21H2,(H,41,51)(H,54,55). The number of amides is 4. The first-order chi connectivity index (χ1) is 27.1. The smallest absolute Gasteiger partial charge is 0.352 e. The number of tetrazole rings is 1. The van der Waals surface area contributed by atoms with Gasteiger partial charge in [-0.3, -0.25) is 24.1 Å². The summed E-state index contributed by atoms with van der Waals surface area (Å²) in [7, 11) is 0. The first-order valence-electron chi connectivity index (χ1n) is 18.2. The van der Waals surface area contributed by atoms with Crippen LogP contribution >= 0.6 is 11.6 Å². The Morgan fingerprint density at radius 1 is 0.946 bits per heavy atom. The molecule has 3 N–H and O–H groups in total. The van der Waals surface area contributed by atoms with E-state index in [1.165, 1.54) is 26.9 Å². The number of nitrogens with zero attached hydrogens (tertiary/aromatic N) is 8. The van der Waals surface area contributed by atoms with E-state index in [1.807, 2.05) is 24.3 Å². The second-order valence-corrected chi connectivity index (χ2v) is 14.3. The van der Waals surface area contributed by atoms with Gasteiger partial charge in [-0.05, 0) is 83.4 Å². The number of carbonyl (C=O) groups is 5. The maximum Gasteiger partial charge on any atom is 0.352 e. The quantitative estimate of drug-likeness (QED) is 0.176. The van der Waals surface area contributed by atoms with Crippen LogP contribution in [0.1, 0.15) is 28.9 Å². The third-order valence-corrected chi connectivity index (χ3v) is 10.7. The highest BCUT2D eigenvalue weighted by molar-refractivity contribution is 6.41. The average molecular weight is 781 g/mol. The number of ether oxygens (including phenoxy) is 1. The molecule has 3 fully saturated rings. The van der Waals surface area contributed by atoms with Crippen molar-refractivity contribution in [2.45, 2.75) is 31.3 Å². The zero-order valence-electron chi connectivity index (χ0n) is 30.0. The minimum Gasteiger partial charge on any atom is -0.477 e. The topological polar surface area (TPSA) is 199 Å². The SMILES string of the molecule is O=C(O)c1cc2cc(NC(=O)C(Cc3ccc(N4CCN(C5CCCOC5)CC4=O)cc3)N3CCN(c4cc(Cl)ccc4-n4cnnn4)C(=O)C3=O)ccc2[nH]1. The van der Waals surface area contributed by atoms with Crippen molar-refractivity contribution in [3.05, 3.63) is 89.3 Å². The molecule has 0 aliphatic carbocycles. The lowest BCUT2D eigenvalue weighted by molar-refractivity contribution is -0.149. The zero-order chi connectivity index (χ0) is 38.9. The highest BCUT2D eigenvalue weighted by atomic mass is 35.5. The van der Waals surface area contributed by atoms with Crippen LogP contribution in [0.2, 0.25) is 5.02 Å². The number of aromatic nitrogens is 5. The monoisotopic (exact) mass is 780 g/mol. The van der Waals surface area contributed by atoms with Crippen LogP contribution in [0.25, 0.3) is 16.6 Å². The van der Waals surface area contributed by atoms with Gasteiger partial charge >= 0.3 is 17.8 Å². The van der Waals surface area contributed by atoms with E-state index in [0.29, 0.717) is 58.2 Å². The lowest BCUT2D eigenvalue weighted by atomic mass is 10.0. The fourth-order valence-corrected chi connectivity index (χ4v) is 7.74. The Labute approximate surface area is 324 Å². The number of H-pyrrole nitrogens is 1. The summed E-state index contributed by atoms with van der Waals surface area (Å²) in [6.45, 7) is 2.99. The van der Waals surface area contributed by atoms with Gasteiger partial charge in [-0.1, -0.05) is 23.7 Å². The lowest BCUT2D eigenvalue weighted by Crippen LogP contribution is -2.60. The summed E-state index contributed by atoms with van der Waals surface area (Å²) >= 11 is 6.32. The van der Waals surface area contributed by atoms with Gasteiger partial charge in [-0.15, -0.1) is 5.10 Å². The number of aromatic amines is 1. The summed E-state index contributed by atoms with van der Waals surface area (Å²) in [4.78, 5) is 76.2. The molecule has 3 aliphatic heterocycles. The van der Waals surface area contributed by atoms with Crippen LogP contribution < -0.4 is 15.1 Å². The normalized spacial score (nSPS) is 18.8. The van der Waals surface area contributed by atoms with E-state index in [9.17, 15) is 29.1 Å². The molecule has 17 nitrogen and oxygen atoms in total. The molecule has 0 saturated carbocycles. The Bertz CT molecular complexity index is 2310. The molecule has 3 aromatic carbocycles. The second-order valence-electron chi connectivity index (χ2n) is 13.9. The molecule has 18 heteroatoms. The summed E-state index contributed by atoms with van der Waals surface area (Å²) in [5, 5.41) is 24.5. The second kappa shape index (κ2) is 15.5. The Balaban J connectivity index is 1.04. The molecule has 4 amide bonds. The van der Waals surface area contributed by atoms with Crippen molar-refractivity contribution in [3.8, 4) is 5.69 Å². The molecule has 2 aromatic heterocycles. The third kappa shape index (κ3) is 7.43. The van der Waals surface area contributed by atoms with Crippen molar-refractivity contribution < 1.29 is 33.8 Å². The van der Waals surface area contributed by atoms with Crippen molar-refractivity contribution in [1.82, 2.24) is 35.0 Å². The number of carboxylic acids is 1. The first kappa shape index (κ1) is 36.8. The minimum atomic E-state index is -1.13. The van der Waals surface area contributed by atoms with Gasteiger partial charge in [0.15, 0.2) is 0 Å². The molecule has 5 heterocycles. The van der Waals surface area contributed by atoms with Gasteiger partial charge < -0.3 is 34.8 Å². The van der Waals surface area contributed by atoms with Crippen LogP contribution in [-0.4, -0.2) is 128 Å². The number of halogens is 1. The number of hydrogen-bond donors (Lipinski definition) is 3. The molecule has 0 bridgehead atoms. The Morgan fingerprint density at radius 2 is 1.77 bits per heavy atom. The van der Waals surface area contributed by atoms with E-state index in [2.05, 4.69) is 30.7 Å². The average Bonchev–Trinajstić information content (AvgIpc) is 3.90.